The highest BCUT2D eigenvalue weighted by molar-refractivity contribution is 5.84. The van der Waals surface area contributed by atoms with E-state index >= 15 is 0 Å². The fourth-order valence-corrected chi connectivity index (χ4v) is 2.48. The first-order valence-corrected chi connectivity index (χ1v) is 7.38. The van der Waals surface area contributed by atoms with E-state index in [-0.39, 0.29) is 16.8 Å². The standard InChI is InChI=1S/C17H7F6N3O2/c18-16(19,20)11-5-15(27)28-14-4-8(1-2-10(11)14)26-9-3-12(17(21,22)23)13(6-24)25-7-9/h1-5,7,26H. The summed E-state index contributed by atoms with van der Waals surface area (Å²) in [5.41, 5.74) is -5.03. The number of anilines is 2. The van der Waals surface area contributed by atoms with E-state index in [9.17, 15) is 31.1 Å². The summed E-state index contributed by atoms with van der Waals surface area (Å²) in [6, 6.07) is 5.51. The molecule has 0 radical (unpaired) electrons. The maximum absolute atomic E-state index is 13.0. The van der Waals surface area contributed by atoms with Crippen molar-refractivity contribution in [3.05, 3.63) is 63.8 Å². The summed E-state index contributed by atoms with van der Waals surface area (Å²) < 4.78 is 82.8. The van der Waals surface area contributed by atoms with E-state index in [4.69, 9.17) is 9.68 Å². The van der Waals surface area contributed by atoms with Gasteiger partial charge in [0.25, 0.3) is 0 Å². The molecule has 2 aromatic heterocycles. The van der Waals surface area contributed by atoms with Gasteiger partial charge in [0.1, 0.15) is 11.7 Å². The highest BCUT2D eigenvalue weighted by atomic mass is 19.4. The van der Waals surface area contributed by atoms with E-state index in [0.29, 0.717) is 12.1 Å². The Hall–Kier alpha value is -3.55. The van der Waals surface area contributed by atoms with Gasteiger partial charge in [0, 0.05) is 23.2 Å². The van der Waals surface area contributed by atoms with E-state index < -0.39 is 40.4 Å². The first-order chi connectivity index (χ1) is 13.0. The number of hydrogen-bond acceptors (Lipinski definition) is 5. The van der Waals surface area contributed by atoms with Gasteiger partial charge in [-0.3, -0.25) is 0 Å². The second kappa shape index (κ2) is 6.56. The summed E-state index contributed by atoms with van der Waals surface area (Å²) in [4.78, 5) is 14.8. The minimum Gasteiger partial charge on any atom is -0.423 e. The van der Waals surface area contributed by atoms with Crippen molar-refractivity contribution in [2.45, 2.75) is 12.4 Å². The van der Waals surface area contributed by atoms with Crippen molar-refractivity contribution in [2.75, 3.05) is 5.32 Å². The van der Waals surface area contributed by atoms with E-state index in [2.05, 4.69) is 10.3 Å². The molecule has 3 aromatic rings. The van der Waals surface area contributed by atoms with Crippen LogP contribution in [0.3, 0.4) is 0 Å². The monoisotopic (exact) mass is 399 g/mol. The average molecular weight is 399 g/mol. The first-order valence-electron chi connectivity index (χ1n) is 7.38. The van der Waals surface area contributed by atoms with Gasteiger partial charge in [-0.15, -0.1) is 0 Å². The van der Waals surface area contributed by atoms with Crippen LogP contribution < -0.4 is 10.9 Å². The molecule has 1 aromatic carbocycles. The van der Waals surface area contributed by atoms with Crippen LogP contribution in [-0.4, -0.2) is 4.98 Å². The molecule has 0 aliphatic heterocycles. The fraction of sp³-hybridized carbons (Fsp3) is 0.118. The zero-order chi connectivity index (χ0) is 20.7. The molecule has 2 heterocycles. The van der Waals surface area contributed by atoms with E-state index in [1.54, 1.807) is 0 Å². The Morgan fingerprint density at radius 1 is 0.964 bits per heavy atom. The fourth-order valence-electron chi connectivity index (χ4n) is 2.48. The second-order valence-electron chi connectivity index (χ2n) is 5.54. The quantitative estimate of drug-likeness (QED) is 0.493. The van der Waals surface area contributed by atoms with Gasteiger partial charge >= 0.3 is 18.0 Å². The van der Waals surface area contributed by atoms with Gasteiger partial charge in [-0.2, -0.15) is 31.6 Å². The highest BCUT2D eigenvalue weighted by Gasteiger charge is 2.35. The van der Waals surface area contributed by atoms with Gasteiger partial charge in [0.2, 0.25) is 0 Å². The topological polar surface area (TPSA) is 78.9 Å². The maximum Gasteiger partial charge on any atom is 0.419 e. The minimum absolute atomic E-state index is 0.0506. The Balaban J connectivity index is 2.05. The molecule has 0 spiro atoms. The molecule has 28 heavy (non-hydrogen) atoms. The Morgan fingerprint density at radius 2 is 1.64 bits per heavy atom. The van der Waals surface area contributed by atoms with Crippen LogP contribution >= 0.6 is 0 Å². The molecular formula is C17H7F6N3O2. The Bertz CT molecular complexity index is 1160. The molecule has 0 fully saturated rings. The zero-order valence-electron chi connectivity index (χ0n) is 13.4. The molecule has 0 unspecified atom stereocenters. The number of pyridine rings is 1. The molecule has 0 aliphatic carbocycles. The number of nitrogens with zero attached hydrogens (tertiary/aromatic N) is 2. The third kappa shape index (κ3) is 3.75. The lowest BCUT2D eigenvalue weighted by Gasteiger charge is -2.13. The summed E-state index contributed by atoms with van der Waals surface area (Å²) in [6.07, 6.45) is -8.66. The average Bonchev–Trinajstić information content (AvgIpc) is 2.59. The van der Waals surface area contributed by atoms with Crippen LogP contribution in [-0.2, 0) is 12.4 Å². The maximum atomic E-state index is 13.0. The molecule has 0 saturated heterocycles. The number of nitriles is 1. The van der Waals surface area contributed by atoms with Crippen LogP contribution in [0, 0.1) is 11.3 Å². The van der Waals surface area contributed by atoms with Crippen molar-refractivity contribution in [2.24, 2.45) is 0 Å². The highest BCUT2D eigenvalue weighted by Crippen LogP contribution is 2.36. The number of hydrogen-bond donors (Lipinski definition) is 1. The third-order valence-corrected chi connectivity index (χ3v) is 3.64. The van der Waals surface area contributed by atoms with E-state index in [1.807, 2.05) is 0 Å². The molecule has 0 bridgehead atoms. The molecule has 0 atom stereocenters. The lowest BCUT2D eigenvalue weighted by molar-refractivity contribution is -0.138. The summed E-state index contributed by atoms with van der Waals surface area (Å²) in [5.74, 6) is 0. The van der Waals surface area contributed by atoms with Gasteiger partial charge < -0.3 is 9.73 Å². The van der Waals surface area contributed by atoms with Crippen LogP contribution in [0.4, 0.5) is 37.7 Å². The Kier molecular flexibility index (Phi) is 4.50. The van der Waals surface area contributed by atoms with Gasteiger partial charge in [0.15, 0.2) is 5.69 Å². The molecule has 0 saturated carbocycles. The number of halogens is 6. The number of fused-ring (bicyclic) bond motifs is 1. The normalized spacial score (nSPS) is 12.0. The van der Waals surface area contributed by atoms with Crippen LogP contribution in [0.2, 0.25) is 0 Å². The van der Waals surface area contributed by atoms with Crippen molar-refractivity contribution < 1.29 is 30.8 Å². The van der Waals surface area contributed by atoms with Crippen LogP contribution in [0.25, 0.3) is 11.0 Å². The van der Waals surface area contributed by atoms with Gasteiger partial charge in [-0.1, -0.05) is 0 Å². The SMILES string of the molecule is N#Cc1ncc(Nc2ccc3c(C(F)(F)F)cc(=O)oc3c2)cc1C(F)(F)F. The number of aromatic nitrogens is 1. The summed E-state index contributed by atoms with van der Waals surface area (Å²) in [6.45, 7) is 0. The molecule has 3 rings (SSSR count). The molecule has 5 nitrogen and oxygen atoms in total. The van der Waals surface area contributed by atoms with Gasteiger partial charge in [0.05, 0.1) is 23.0 Å². The van der Waals surface area contributed by atoms with Crippen LogP contribution in [0.15, 0.2) is 45.7 Å². The Morgan fingerprint density at radius 3 is 2.25 bits per heavy atom. The zero-order valence-corrected chi connectivity index (χ0v) is 13.4. The molecular weight excluding hydrogens is 392 g/mol. The Labute approximate surface area is 151 Å². The van der Waals surface area contributed by atoms with Crippen LogP contribution in [0.5, 0.6) is 0 Å². The molecule has 1 N–H and O–H groups in total. The number of nitrogens with one attached hydrogen (secondary N) is 1. The van der Waals surface area contributed by atoms with Crippen molar-refractivity contribution in [3.8, 4) is 6.07 Å². The van der Waals surface area contributed by atoms with Crippen LogP contribution in [0.1, 0.15) is 16.8 Å². The molecule has 0 amide bonds. The first kappa shape index (κ1) is 19.2. The summed E-state index contributed by atoms with van der Waals surface area (Å²) in [7, 11) is 0. The molecule has 0 aliphatic rings. The van der Waals surface area contributed by atoms with Crippen molar-refractivity contribution in [1.82, 2.24) is 4.98 Å². The summed E-state index contributed by atoms with van der Waals surface area (Å²) >= 11 is 0. The van der Waals surface area contributed by atoms with Crippen molar-refractivity contribution in [1.29, 1.82) is 5.26 Å². The van der Waals surface area contributed by atoms with Crippen molar-refractivity contribution >= 4 is 22.3 Å². The lowest BCUT2D eigenvalue weighted by atomic mass is 10.1. The van der Waals surface area contributed by atoms with Crippen molar-refractivity contribution in [3.63, 3.8) is 0 Å². The minimum atomic E-state index is -4.83. The smallest absolute Gasteiger partial charge is 0.419 e. The van der Waals surface area contributed by atoms with Gasteiger partial charge in [-0.05, 0) is 18.2 Å². The molecule has 144 valence electrons. The number of rotatable bonds is 2. The van der Waals surface area contributed by atoms with E-state index in [1.165, 1.54) is 12.1 Å². The summed E-state index contributed by atoms with van der Waals surface area (Å²) in [5, 5.41) is 10.9. The number of benzene rings is 1. The molecule has 11 heteroatoms. The number of alkyl halides is 6. The lowest BCUT2D eigenvalue weighted by Crippen LogP contribution is -2.11. The largest absolute Gasteiger partial charge is 0.423 e. The second-order valence-corrected chi connectivity index (χ2v) is 5.54. The predicted octanol–water partition coefficient (Wildman–Crippen LogP) is 4.84. The third-order valence-electron chi connectivity index (χ3n) is 3.64. The van der Waals surface area contributed by atoms with Gasteiger partial charge in [-0.25, -0.2) is 9.78 Å². The van der Waals surface area contributed by atoms with E-state index in [0.717, 1.165) is 18.3 Å². The predicted molar refractivity (Wildman–Crippen MR) is 84.7 cm³/mol.